The molecule has 0 aliphatic carbocycles. The zero-order valence-electron chi connectivity index (χ0n) is 8.58. The van der Waals surface area contributed by atoms with Crippen LogP contribution in [0.2, 0.25) is 0 Å². The van der Waals surface area contributed by atoms with Crippen molar-refractivity contribution in [1.82, 2.24) is 4.90 Å². The molecule has 2 unspecified atom stereocenters. The first-order chi connectivity index (χ1) is 6.31. The van der Waals surface area contributed by atoms with Gasteiger partial charge in [0.05, 0.1) is 6.10 Å². The lowest BCUT2D eigenvalue weighted by Gasteiger charge is -2.37. The van der Waals surface area contributed by atoms with Gasteiger partial charge in [-0.15, -0.1) is 0 Å². The van der Waals surface area contributed by atoms with Gasteiger partial charge in [-0.3, -0.25) is 4.90 Å². The Balaban J connectivity index is 1.90. The molecule has 0 aromatic carbocycles. The fraction of sp³-hybridized carbons (Fsp3) is 1.00. The van der Waals surface area contributed by atoms with Gasteiger partial charge in [0.25, 0.3) is 0 Å². The molecule has 2 aliphatic rings. The molecule has 2 nitrogen and oxygen atoms in total. The molecule has 76 valence electrons. The molecule has 2 saturated heterocycles. The van der Waals surface area contributed by atoms with Gasteiger partial charge >= 0.3 is 0 Å². The van der Waals surface area contributed by atoms with E-state index in [9.17, 15) is 5.11 Å². The largest absolute Gasteiger partial charge is 0.393 e. The van der Waals surface area contributed by atoms with Crippen LogP contribution in [0.5, 0.6) is 0 Å². The molecule has 2 fully saturated rings. The standard InChI is InChI=1S/C11H21NO/c1-2-3-6-12-9-4-5-10(12)8-11(13)7-9/h9-11,13H,2-8H2,1H3. The van der Waals surface area contributed by atoms with Crippen molar-refractivity contribution in [1.29, 1.82) is 0 Å². The summed E-state index contributed by atoms with van der Waals surface area (Å²) >= 11 is 0. The topological polar surface area (TPSA) is 23.5 Å². The Bertz CT molecular complexity index is 157. The summed E-state index contributed by atoms with van der Waals surface area (Å²) in [6.07, 6.45) is 7.31. The van der Waals surface area contributed by atoms with Gasteiger partial charge in [0.15, 0.2) is 0 Å². The van der Waals surface area contributed by atoms with E-state index < -0.39 is 0 Å². The predicted octanol–water partition coefficient (Wildman–Crippen LogP) is 1.77. The minimum Gasteiger partial charge on any atom is -0.393 e. The van der Waals surface area contributed by atoms with E-state index in [2.05, 4.69) is 11.8 Å². The first-order valence-electron chi connectivity index (χ1n) is 5.75. The van der Waals surface area contributed by atoms with Crippen LogP contribution in [0.1, 0.15) is 45.4 Å². The number of unbranched alkanes of at least 4 members (excludes halogenated alkanes) is 1. The molecular weight excluding hydrogens is 162 g/mol. The van der Waals surface area contributed by atoms with E-state index in [1.165, 1.54) is 32.2 Å². The highest BCUT2D eigenvalue weighted by molar-refractivity contribution is 4.94. The van der Waals surface area contributed by atoms with E-state index in [0.717, 1.165) is 12.8 Å². The van der Waals surface area contributed by atoms with Crippen molar-refractivity contribution in [3.63, 3.8) is 0 Å². The minimum absolute atomic E-state index is 0.00428. The molecule has 2 bridgehead atoms. The first-order valence-corrected chi connectivity index (χ1v) is 5.75. The Morgan fingerprint density at radius 1 is 1.23 bits per heavy atom. The molecule has 0 amide bonds. The highest BCUT2D eigenvalue weighted by Crippen LogP contribution is 2.35. The average Bonchev–Trinajstić information content (AvgIpc) is 2.33. The van der Waals surface area contributed by atoms with E-state index in [-0.39, 0.29) is 6.10 Å². The fourth-order valence-corrected chi connectivity index (χ4v) is 2.95. The Labute approximate surface area is 80.9 Å². The van der Waals surface area contributed by atoms with E-state index >= 15 is 0 Å². The summed E-state index contributed by atoms with van der Waals surface area (Å²) in [4.78, 5) is 2.65. The molecule has 1 N–H and O–H groups in total. The quantitative estimate of drug-likeness (QED) is 0.721. The van der Waals surface area contributed by atoms with Crippen molar-refractivity contribution in [3.8, 4) is 0 Å². The Morgan fingerprint density at radius 2 is 1.85 bits per heavy atom. The molecule has 2 heterocycles. The van der Waals surface area contributed by atoms with Crippen molar-refractivity contribution in [2.75, 3.05) is 6.54 Å². The maximum absolute atomic E-state index is 9.61. The number of piperidine rings is 1. The molecule has 13 heavy (non-hydrogen) atoms. The average molecular weight is 183 g/mol. The molecule has 2 heteroatoms. The molecule has 2 rings (SSSR count). The van der Waals surface area contributed by atoms with Crippen molar-refractivity contribution in [2.45, 2.75) is 63.6 Å². The van der Waals surface area contributed by atoms with E-state index in [1.54, 1.807) is 0 Å². The van der Waals surface area contributed by atoms with E-state index in [0.29, 0.717) is 12.1 Å². The summed E-state index contributed by atoms with van der Waals surface area (Å²) in [5, 5.41) is 9.61. The van der Waals surface area contributed by atoms with Gasteiger partial charge in [-0.05, 0) is 38.6 Å². The lowest BCUT2D eigenvalue weighted by atomic mass is 9.99. The van der Waals surface area contributed by atoms with Crippen LogP contribution in [-0.4, -0.2) is 34.7 Å². The summed E-state index contributed by atoms with van der Waals surface area (Å²) < 4.78 is 0. The second-order valence-electron chi connectivity index (χ2n) is 4.60. The van der Waals surface area contributed by atoms with Crippen LogP contribution in [0.3, 0.4) is 0 Å². The molecule has 0 spiro atoms. The number of rotatable bonds is 3. The maximum Gasteiger partial charge on any atom is 0.0570 e. The highest BCUT2D eigenvalue weighted by atomic mass is 16.3. The van der Waals surface area contributed by atoms with Crippen LogP contribution in [0, 0.1) is 0 Å². The van der Waals surface area contributed by atoms with Crippen LogP contribution in [0.25, 0.3) is 0 Å². The number of fused-ring (bicyclic) bond motifs is 2. The molecule has 2 aliphatic heterocycles. The number of hydrogen-bond acceptors (Lipinski definition) is 2. The van der Waals surface area contributed by atoms with Crippen LogP contribution in [0.4, 0.5) is 0 Å². The predicted molar refractivity (Wildman–Crippen MR) is 53.7 cm³/mol. The number of nitrogens with zero attached hydrogens (tertiary/aromatic N) is 1. The van der Waals surface area contributed by atoms with Crippen LogP contribution in [0.15, 0.2) is 0 Å². The second kappa shape index (κ2) is 3.97. The van der Waals surface area contributed by atoms with Gasteiger partial charge in [-0.2, -0.15) is 0 Å². The SMILES string of the molecule is CCCCN1C2CCC1CC(O)C2. The van der Waals surface area contributed by atoms with Gasteiger partial charge in [0.1, 0.15) is 0 Å². The maximum atomic E-state index is 9.61. The normalized spacial score (nSPS) is 39.7. The molecule has 0 aromatic rings. The third-order valence-electron chi connectivity index (χ3n) is 3.63. The summed E-state index contributed by atoms with van der Waals surface area (Å²) in [5.41, 5.74) is 0. The van der Waals surface area contributed by atoms with Gasteiger partial charge in [0, 0.05) is 12.1 Å². The van der Waals surface area contributed by atoms with Gasteiger partial charge in [-0.1, -0.05) is 13.3 Å². The summed E-state index contributed by atoms with van der Waals surface area (Å²) in [6, 6.07) is 1.42. The second-order valence-corrected chi connectivity index (χ2v) is 4.60. The summed E-state index contributed by atoms with van der Waals surface area (Å²) in [5.74, 6) is 0. The Kier molecular flexibility index (Phi) is 2.89. The summed E-state index contributed by atoms with van der Waals surface area (Å²) in [7, 11) is 0. The monoisotopic (exact) mass is 183 g/mol. The first kappa shape index (κ1) is 9.47. The third kappa shape index (κ3) is 1.89. The Morgan fingerprint density at radius 3 is 2.38 bits per heavy atom. The van der Waals surface area contributed by atoms with Crippen molar-refractivity contribution < 1.29 is 5.11 Å². The lowest BCUT2D eigenvalue weighted by Crippen LogP contribution is -2.44. The van der Waals surface area contributed by atoms with E-state index in [4.69, 9.17) is 0 Å². The molecule has 0 aromatic heterocycles. The van der Waals surface area contributed by atoms with Gasteiger partial charge < -0.3 is 5.11 Å². The third-order valence-corrected chi connectivity index (χ3v) is 3.63. The van der Waals surface area contributed by atoms with Crippen molar-refractivity contribution >= 4 is 0 Å². The van der Waals surface area contributed by atoms with Crippen molar-refractivity contribution in [3.05, 3.63) is 0 Å². The fourth-order valence-electron chi connectivity index (χ4n) is 2.95. The number of hydrogen-bond donors (Lipinski definition) is 1. The van der Waals surface area contributed by atoms with Crippen LogP contribution >= 0.6 is 0 Å². The van der Waals surface area contributed by atoms with Gasteiger partial charge in [-0.25, -0.2) is 0 Å². The molecule has 0 radical (unpaired) electrons. The number of aliphatic hydroxyl groups is 1. The molecule has 0 saturated carbocycles. The van der Waals surface area contributed by atoms with Crippen molar-refractivity contribution in [2.24, 2.45) is 0 Å². The Hall–Kier alpha value is -0.0800. The molecule has 2 atom stereocenters. The zero-order chi connectivity index (χ0) is 9.26. The zero-order valence-corrected chi connectivity index (χ0v) is 8.58. The molecular formula is C11H21NO. The number of aliphatic hydroxyl groups excluding tert-OH is 1. The van der Waals surface area contributed by atoms with Crippen LogP contribution in [-0.2, 0) is 0 Å². The minimum atomic E-state index is -0.00428. The van der Waals surface area contributed by atoms with Gasteiger partial charge in [0.2, 0.25) is 0 Å². The summed E-state index contributed by atoms with van der Waals surface area (Å²) in [6.45, 7) is 3.51. The smallest absolute Gasteiger partial charge is 0.0570 e. The van der Waals surface area contributed by atoms with E-state index in [1.807, 2.05) is 0 Å². The highest BCUT2D eigenvalue weighted by Gasteiger charge is 2.39. The van der Waals surface area contributed by atoms with Crippen LogP contribution < -0.4 is 0 Å². The lowest BCUT2D eigenvalue weighted by molar-refractivity contribution is 0.0349.